The maximum atomic E-state index is 13.1. The Kier molecular flexibility index (Phi) is 8.83. The van der Waals surface area contributed by atoms with Crippen LogP contribution in [0.25, 0.3) is 16.9 Å². The van der Waals surface area contributed by atoms with Gasteiger partial charge in [-0.25, -0.2) is 14.8 Å². The van der Waals surface area contributed by atoms with E-state index in [0.717, 1.165) is 35.7 Å². The molecule has 1 fully saturated rings. The Morgan fingerprint density at radius 3 is 2.21 bits per heavy atom. The van der Waals surface area contributed by atoms with E-state index in [0.29, 0.717) is 35.8 Å². The lowest BCUT2D eigenvalue weighted by Crippen LogP contribution is -2.50. The number of nitrogens with one attached hydrogen (secondary N) is 2. The molecule has 5 aromatic rings. The Morgan fingerprint density at radius 2 is 1.54 bits per heavy atom. The molecule has 10 nitrogen and oxygen atoms in total. The third-order valence-corrected chi connectivity index (χ3v) is 8.23. The van der Waals surface area contributed by atoms with Gasteiger partial charge in [0.05, 0.1) is 5.69 Å². The number of anilines is 4. The molecule has 48 heavy (non-hydrogen) atoms. The summed E-state index contributed by atoms with van der Waals surface area (Å²) >= 11 is 0. The molecule has 0 atom stereocenters. The zero-order valence-electron chi connectivity index (χ0n) is 28.4. The number of hydrogen-bond donors (Lipinski definition) is 2. The topological polar surface area (TPSA) is 104 Å². The van der Waals surface area contributed by atoms with Crippen molar-refractivity contribution in [1.82, 2.24) is 19.3 Å². The van der Waals surface area contributed by atoms with Crippen molar-refractivity contribution in [3.05, 3.63) is 103 Å². The molecular weight excluding hydrogens is 602 g/mol. The Balaban J connectivity index is 1.14. The van der Waals surface area contributed by atoms with E-state index in [1.165, 1.54) is 5.56 Å². The summed E-state index contributed by atoms with van der Waals surface area (Å²) < 4.78 is 7.47. The van der Waals surface area contributed by atoms with E-state index >= 15 is 0 Å². The smallest absolute Gasteiger partial charge is 0.410 e. The summed E-state index contributed by atoms with van der Waals surface area (Å²) in [6, 6.07) is 23.6. The SMILES string of the molecule is CC(C)(C)OC(=O)N1CCN(c2ccc(Nc3nc(-c4cccc(NC(=O)c5ccc(C(C)(C)C)cc5)c4)cn4ccnc34)cc2)CC1. The van der Waals surface area contributed by atoms with E-state index < -0.39 is 5.60 Å². The number of carbonyl (C=O) groups is 2. The average molecular weight is 646 g/mol. The summed E-state index contributed by atoms with van der Waals surface area (Å²) in [5.74, 6) is 0.450. The fourth-order valence-electron chi connectivity index (χ4n) is 5.60. The largest absolute Gasteiger partial charge is 0.444 e. The number of rotatable bonds is 6. The van der Waals surface area contributed by atoms with Crippen molar-refractivity contribution in [2.45, 2.75) is 52.6 Å². The number of hydrogen-bond acceptors (Lipinski definition) is 7. The Labute approximate surface area is 281 Å². The van der Waals surface area contributed by atoms with Crippen molar-refractivity contribution in [3.63, 3.8) is 0 Å². The predicted octanol–water partition coefficient (Wildman–Crippen LogP) is 7.75. The van der Waals surface area contributed by atoms with Crippen LogP contribution >= 0.6 is 0 Å². The third kappa shape index (κ3) is 7.60. The minimum atomic E-state index is -0.505. The van der Waals surface area contributed by atoms with Gasteiger partial charge in [0, 0.05) is 73.0 Å². The first kappa shape index (κ1) is 32.6. The number of nitrogens with zero attached hydrogens (tertiary/aromatic N) is 5. The molecule has 6 rings (SSSR count). The monoisotopic (exact) mass is 645 g/mol. The van der Waals surface area contributed by atoms with E-state index in [2.05, 4.69) is 53.4 Å². The van der Waals surface area contributed by atoms with Crippen LogP contribution < -0.4 is 15.5 Å². The quantitative estimate of drug-likeness (QED) is 0.195. The summed E-state index contributed by atoms with van der Waals surface area (Å²) in [5, 5.41) is 6.48. The summed E-state index contributed by atoms with van der Waals surface area (Å²) in [5.41, 5.74) is 6.22. The van der Waals surface area contributed by atoms with E-state index in [1.54, 1.807) is 11.1 Å². The molecule has 0 spiro atoms. The van der Waals surface area contributed by atoms with Crippen molar-refractivity contribution in [2.75, 3.05) is 41.7 Å². The number of aromatic nitrogens is 3. The lowest BCUT2D eigenvalue weighted by Gasteiger charge is -2.36. The number of amides is 2. The Hall–Kier alpha value is -5.38. The van der Waals surface area contributed by atoms with Gasteiger partial charge in [-0.2, -0.15) is 0 Å². The molecule has 0 unspecified atom stereocenters. The fraction of sp³-hybridized carbons (Fsp3) is 0.316. The van der Waals surface area contributed by atoms with Crippen molar-refractivity contribution in [1.29, 1.82) is 0 Å². The van der Waals surface area contributed by atoms with Gasteiger partial charge >= 0.3 is 6.09 Å². The number of benzene rings is 3. The van der Waals surface area contributed by atoms with Crippen LogP contribution in [0.2, 0.25) is 0 Å². The van der Waals surface area contributed by atoms with Crippen LogP contribution in [0.5, 0.6) is 0 Å². The molecule has 0 radical (unpaired) electrons. The van der Waals surface area contributed by atoms with Crippen LogP contribution in [0.1, 0.15) is 57.5 Å². The highest BCUT2D eigenvalue weighted by Crippen LogP contribution is 2.28. The molecule has 2 N–H and O–H groups in total. The highest BCUT2D eigenvalue weighted by Gasteiger charge is 2.26. The zero-order valence-corrected chi connectivity index (χ0v) is 28.4. The van der Waals surface area contributed by atoms with Crippen LogP contribution in [0.15, 0.2) is 91.4 Å². The van der Waals surface area contributed by atoms with Crippen LogP contribution in [-0.2, 0) is 10.2 Å². The van der Waals surface area contributed by atoms with Gasteiger partial charge in [0.1, 0.15) is 5.60 Å². The Bertz CT molecular complexity index is 1910. The molecule has 0 aliphatic carbocycles. The first-order chi connectivity index (χ1) is 22.8. The van der Waals surface area contributed by atoms with Crippen LogP contribution in [0.4, 0.5) is 27.7 Å². The normalized spacial score (nSPS) is 13.8. The number of piperazine rings is 1. The van der Waals surface area contributed by atoms with Gasteiger partial charge in [0.25, 0.3) is 5.91 Å². The summed E-state index contributed by atoms with van der Waals surface area (Å²) in [7, 11) is 0. The molecule has 1 aliphatic rings. The minimum absolute atomic E-state index is 0.0196. The van der Waals surface area contributed by atoms with Crippen molar-refractivity contribution in [2.24, 2.45) is 0 Å². The van der Waals surface area contributed by atoms with Gasteiger partial charge in [-0.3, -0.25) is 4.79 Å². The lowest BCUT2D eigenvalue weighted by molar-refractivity contribution is 0.0240. The number of ether oxygens (including phenoxy) is 1. The fourth-order valence-corrected chi connectivity index (χ4v) is 5.60. The second-order valence-electron chi connectivity index (χ2n) is 14.1. The third-order valence-electron chi connectivity index (χ3n) is 8.23. The highest BCUT2D eigenvalue weighted by molar-refractivity contribution is 6.04. The molecule has 0 saturated carbocycles. The number of carbonyl (C=O) groups excluding carboxylic acids is 2. The first-order valence-electron chi connectivity index (χ1n) is 16.3. The van der Waals surface area contributed by atoms with Gasteiger partial charge in [-0.15, -0.1) is 0 Å². The summed E-state index contributed by atoms with van der Waals surface area (Å²) in [6.07, 6.45) is 5.30. The number of imidazole rings is 1. The van der Waals surface area contributed by atoms with E-state index in [4.69, 9.17) is 9.72 Å². The molecule has 248 valence electrons. The van der Waals surface area contributed by atoms with E-state index in [9.17, 15) is 9.59 Å². The predicted molar refractivity (Wildman–Crippen MR) is 191 cm³/mol. The van der Waals surface area contributed by atoms with Gasteiger partial charge in [-0.05, 0) is 80.3 Å². The molecule has 1 saturated heterocycles. The molecule has 3 heterocycles. The summed E-state index contributed by atoms with van der Waals surface area (Å²) in [6.45, 7) is 14.8. The van der Waals surface area contributed by atoms with Gasteiger partial charge in [-0.1, -0.05) is 45.0 Å². The number of fused-ring (bicyclic) bond motifs is 1. The standard InChI is InChI=1S/C38H43N7O3/c1-37(2,3)28-12-10-26(11-13-28)35(46)41-30-9-7-8-27(24-30)32-25-45-19-18-39-34(45)33(42-32)40-29-14-16-31(17-15-29)43-20-22-44(23-21-43)36(47)48-38(4,5)6/h7-19,24-25H,20-23H2,1-6H3,(H,40,42)(H,41,46). The van der Waals surface area contributed by atoms with Gasteiger partial charge < -0.3 is 29.6 Å². The maximum Gasteiger partial charge on any atom is 0.410 e. The molecular formula is C38H43N7O3. The average Bonchev–Trinajstić information content (AvgIpc) is 3.54. The molecule has 3 aromatic carbocycles. The summed E-state index contributed by atoms with van der Waals surface area (Å²) in [4.78, 5) is 39.0. The van der Waals surface area contributed by atoms with Gasteiger partial charge in [0.2, 0.25) is 0 Å². The van der Waals surface area contributed by atoms with Crippen molar-refractivity contribution < 1.29 is 14.3 Å². The van der Waals surface area contributed by atoms with Crippen LogP contribution in [-0.4, -0.2) is 63.0 Å². The van der Waals surface area contributed by atoms with E-state index in [1.807, 2.05) is 98.2 Å². The lowest BCUT2D eigenvalue weighted by atomic mass is 9.87. The second kappa shape index (κ2) is 13.0. The minimum Gasteiger partial charge on any atom is -0.444 e. The highest BCUT2D eigenvalue weighted by atomic mass is 16.6. The first-order valence-corrected chi connectivity index (χ1v) is 16.3. The van der Waals surface area contributed by atoms with Crippen molar-refractivity contribution in [3.8, 4) is 11.3 Å². The van der Waals surface area contributed by atoms with E-state index in [-0.39, 0.29) is 17.4 Å². The second-order valence-corrected chi connectivity index (χ2v) is 14.1. The van der Waals surface area contributed by atoms with Crippen LogP contribution in [0.3, 0.4) is 0 Å². The molecule has 0 bridgehead atoms. The Morgan fingerprint density at radius 1 is 0.833 bits per heavy atom. The molecule has 1 aliphatic heterocycles. The molecule has 10 heteroatoms. The maximum absolute atomic E-state index is 13.1. The van der Waals surface area contributed by atoms with Crippen LogP contribution in [0, 0.1) is 0 Å². The molecule has 2 aromatic heterocycles. The molecule has 2 amide bonds. The zero-order chi connectivity index (χ0) is 34.1. The van der Waals surface area contributed by atoms with Gasteiger partial charge in [0.15, 0.2) is 11.5 Å². The van der Waals surface area contributed by atoms with Crippen molar-refractivity contribution >= 4 is 40.5 Å².